The Morgan fingerprint density at radius 3 is 2.33 bits per heavy atom. The number of nitrogens with zero attached hydrogens (tertiary/aromatic N) is 1. The zero-order valence-electron chi connectivity index (χ0n) is 11.8. The van der Waals surface area contributed by atoms with Gasteiger partial charge in [-0.3, -0.25) is 19.3 Å². The molecular weight excluding hydrogens is 274 g/mol. The number of benzene rings is 1. The number of nitrogens with one attached hydrogen (secondary N) is 1. The molecule has 0 aliphatic rings. The summed E-state index contributed by atoms with van der Waals surface area (Å²) in [5, 5.41) is 11.5. The summed E-state index contributed by atoms with van der Waals surface area (Å²) in [6.45, 7) is 0.921. The normalized spacial score (nSPS) is 11.9. The average Bonchev–Trinajstić information content (AvgIpc) is 2.37. The van der Waals surface area contributed by atoms with E-state index in [-0.39, 0.29) is 25.0 Å². The first kappa shape index (κ1) is 16.6. The van der Waals surface area contributed by atoms with Crippen molar-refractivity contribution in [2.75, 3.05) is 19.6 Å². The van der Waals surface area contributed by atoms with Crippen LogP contribution >= 0.6 is 0 Å². The minimum atomic E-state index is -1.12. The van der Waals surface area contributed by atoms with E-state index >= 15 is 0 Å². The van der Waals surface area contributed by atoms with Crippen LogP contribution in [0.4, 0.5) is 0 Å². The van der Waals surface area contributed by atoms with Gasteiger partial charge in [0.1, 0.15) is 0 Å². The van der Waals surface area contributed by atoms with Crippen molar-refractivity contribution in [3.8, 4) is 0 Å². The third-order valence-electron chi connectivity index (χ3n) is 2.78. The number of carboxylic acid groups (broad SMARTS) is 1. The molecule has 0 fully saturated rings. The molecule has 4 N–H and O–H groups in total. The van der Waals surface area contributed by atoms with Crippen molar-refractivity contribution in [1.82, 2.24) is 10.2 Å². The average molecular weight is 293 g/mol. The fourth-order valence-electron chi connectivity index (χ4n) is 1.89. The number of nitrogens with two attached hydrogens (primary N) is 1. The molecule has 114 valence electrons. The maximum Gasteiger partial charge on any atom is 0.317 e. The van der Waals surface area contributed by atoms with E-state index in [4.69, 9.17) is 10.8 Å². The molecule has 0 heterocycles. The zero-order chi connectivity index (χ0) is 15.8. The third-order valence-corrected chi connectivity index (χ3v) is 2.78. The second kappa shape index (κ2) is 8.01. The summed E-state index contributed by atoms with van der Waals surface area (Å²) in [5.41, 5.74) is 5.97. The van der Waals surface area contributed by atoms with Crippen molar-refractivity contribution in [1.29, 1.82) is 0 Å². The van der Waals surface area contributed by atoms with Crippen molar-refractivity contribution in [2.24, 2.45) is 5.73 Å². The van der Waals surface area contributed by atoms with Gasteiger partial charge < -0.3 is 16.2 Å². The van der Waals surface area contributed by atoms with Gasteiger partial charge in [0.25, 0.3) is 0 Å². The highest BCUT2D eigenvalue weighted by atomic mass is 16.4. The van der Waals surface area contributed by atoms with Crippen molar-refractivity contribution < 1.29 is 19.5 Å². The quantitative estimate of drug-likeness (QED) is 0.611. The summed E-state index contributed by atoms with van der Waals surface area (Å²) in [6.07, 6.45) is 0. The van der Waals surface area contributed by atoms with Crippen molar-refractivity contribution in [3.05, 3.63) is 35.9 Å². The predicted molar refractivity (Wildman–Crippen MR) is 76.3 cm³/mol. The first-order chi connectivity index (χ1) is 9.88. The monoisotopic (exact) mass is 293 g/mol. The molecule has 0 aromatic heterocycles. The number of carbonyl (C=O) groups excluding carboxylic acids is 2. The van der Waals surface area contributed by atoms with Crippen LogP contribution in [0.1, 0.15) is 18.5 Å². The summed E-state index contributed by atoms with van der Waals surface area (Å²) < 4.78 is 0. The summed E-state index contributed by atoms with van der Waals surface area (Å²) in [4.78, 5) is 34.6. The van der Waals surface area contributed by atoms with Gasteiger partial charge in [-0.25, -0.2) is 0 Å². The molecule has 7 heteroatoms. The number of hydrogen-bond acceptors (Lipinski definition) is 4. The molecule has 1 unspecified atom stereocenters. The molecule has 0 aliphatic heterocycles. The van der Waals surface area contributed by atoms with E-state index in [0.29, 0.717) is 0 Å². The lowest BCUT2D eigenvalue weighted by molar-refractivity contribution is -0.139. The van der Waals surface area contributed by atoms with Gasteiger partial charge in [0.15, 0.2) is 0 Å². The van der Waals surface area contributed by atoms with E-state index < -0.39 is 18.4 Å². The van der Waals surface area contributed by atoms with E-state index in [9.17, 15) is 14.4 Å². The van der Waals surface area contributed by atoms with Gasteiger partial charge in [-0.05, 0) is 12.5 Å². The maximum absolute atomic E-state index is 11.9. The molecule has 0 bridgehead atoms. The molecule has 0 saturated carbocycles. The zero-order valence-corrected chi connectivity index (χ0v) is 11.8. The Morgan fingerprint density at radius 2 is 1.81 bits per heavy atom. The molecule has 0 aliphatic carbocycles. The summed E-state index contributed by atoms with van der Waals surface area (Å²) in [5.74, 6) is -2.17. The third kappa shape index (κ3) is 6.53. The molecule has 7 nitrogen and oxygen atoms in total. The first-order valence-corrected chi connectivity index (χ1v) is 6.45. The Morgan fingerprint density at radius 1 is 1.19 bits per heavy atom. The Kier molecular flexibility index (Phi) is 6.35. The van der Waals surface area contributed by atoms with Gasteiger partial charge in [0.2, 0.25) is 11.8 Å². The molecule has 1 atom stereocenters. The maximum atomic E-state index is 11.9. The number of primary amides is 1. The van der Waals surface area contributed by atoms with Crippen LogP contribution in [0.2, 0.25) is 0 Å². The molecular formula is C14H19N3O4. The summed E-state index contributed by atoms with van der Waals surface area (Å²) >= 11 is 0. The second-order valence-corrected chi connectivity index (χ2v) is 4.71. The number of carbonyl (C=O) groups is 3. The fourth-order valence-corrected chi connectivity index (χ4v) is 1.89. The van der Waals surface area contributed by atoms with Crippen LogP contribution in [-0.4, -0.2) is 47.4 Å². The largest absolute Gasteiger partial charge is 0.480 e. The highest BCUT2D eigenvalue weighted by Gasteiger charge is 2.17. The molecule has 1 aromatic carbocycles. The predicted octanol–water partition coefficient (Wildman–Crippen LogP) is -0.264. The van der Waals surface area contributed by atoms with E-state index in [1.54, 1.807) is 0 Å². The molecule has 0 saturated heterocycles. The minimum Gasteiger partial charge on any atom is -0.480 e. The lowest BCUT2D eigenvalue weighted by Gasteiger charge is -2.20. The molecule has 1 rings (SSSR count). The Balaban J connectivity index is 2.56. The molecule has 1 aromatic rings. The van der Waals surface area contributed by atoms with Crippen LogP contribution in [0.5, 0.6) is 0 Å². The number of carboxylic acids is 1. The standard InChI is InChI=1S/C14H19N3O4/c1-10(11-5-3-2-4-6-11)16-13(19)8-17(7-12(15)18)9-14(20)21/h2-6,10H,7-9H2,1H3,(H2,15,18)(H,16,19)(H,20,21). The Bertz CT molecular complexity index is 488. The fraction of sp³-hybridized carbons (Fsp3) is 0.357. The summed E-state index contributed by atoms with van der Waals surface area (Å²) in [6, 6.07) is 9.15. The van der Waals surface area contributed by atoms with Crippen LogP contribution in [0.3, 0.4) is 0 Å². The molecule has 0 spiro atoms. The second-order valence-electron chi connectivity index (χ2n) is 4.71. The van der Waals surface area contributed by atoms with Crippen LogP contribution in [0, 0.1) is 0 Å². The van der Waals surface area contributed by atoms with E-state index in [2.05, 4.69) is 5.32 Å². The Labute approximate surface area is 122 Å². The van der Waals surface area contributed by atoms with E-state index in [1.807, 2.05) is 37.3 Å². The smallest absolute Gasteiger partial charge is 0.317 e. The van der Waals surface area contributed by atoms with Crippen LogP contribution in [0.25, 0.3) is 0 Å². The highest BCUT2D eigenvalue weighted by molar-refractivity contribution is 5.82. The number of rotatable bonds is 8. The van der Waals surface area contributed by atoms with E-state index in [1.165, 1.54) is 4.90 Å². The number of aliphatic carboxylic acids is 1. The summed E-state index contributed by atoms with van der Waals surface area (Å²) in [7, 11) is 0. The first-order valence-electron chi connectivity index (χ1n) is 6.45. The van der Waals surface area contributed by atoms with Gasteiger partial charge in [-0.2, -0.15) is 0 Å². The molecule has 0 radical (unpaired) electrons. The Hall–Kier alpha value is -2.41. The topological polar surface area (TPSA) is 113 Å². The van der Waals surface area contributed by atoms with Gasteiger partial charge in [-0.15, -0.1) is 0 Å². The van der Waals surface area contributed by atoms with Crippen LogP contribution < -0.4 is 11.1 Å². The molecule has 2 amide bonds. The van der Waals surface area contributed by atoms with Gasteiger partial charge in [0, 0.05) is 0 Å². The lowest BCUT2D eigenvalue weighted by Crippen LogP contribution is -2.44. The van der Waals surface area contributed by atoms with Crippen LogP contribution in [0.15, 0.2) is 30.3 Å². The minimum absolute atomic E-state index is 0.202. The van der Waals surface area contributed by atoms with Gasteiger partial charge in [0.05, 0.1) is 25.7 Å². The lowest BCUT2D eigenvalue weighted by atomic mass is 10.1. The van der Waals surface area contributed by atoms with Crippen molar-refractivity contribution in [3.63, 3.8) is 0 Å². The number of hydrogen-bond donors (Lipinski definition) is 3. The van der Waals surface area contributed by atoms with Gasteiger partial charge in [-0.1, -0.05) is 30.3 Å². The highest BCUT2D eigenvalue weighted by Crippen LogP contribution is 2.10. The number of amides is 2. The SMILES string of the molecule is CC(NC(=O)CN(CC(N)=O)CC(=O)O)c1ccccc1. The van der Waals surface area contributed by atoms with Crippen molar-refractivity contribution in [2.45, 2.75) is 13.0 Å². The molecule has 21 heavy (non-hydrogen) atoms. The van der Waals surface area contributed by atoms with Crippen LogP contribution in [-0.2, 0) is 14.4 Å². The van der Waals surface area contributed by atoms with Gasteiger partial charge >= 0.3 is 5.97 Å². The van der Waals surface area contributed by atoms with Crippen molar-refractivity contribution >= 4 is 17.8 Å². The van der Waals surface area contributed by atoms with E-state index in [0.717, 1.165) is 5.56 Å².